The molecular formula is C10H14ClF. The monoisotopic (exact) mass is 188 g/mol. The van der Waals surface area contributed by atoms with Crippen molar-refractivity contribution in [2.24, 2.45) is 0 Å². The van der Waals surface area contributed by atoms with E-state index in [1.54, 1.807) is 12.1 Å². The standard InChI is InChI=1S/C8H8ClF.C2H6/c1-2-6-5-7(9)3-4-8(6)10;1-2/h3-5H,2H2,1H3;1-2H3. The minimum atomic E-state index is -0.174. The van der Waals surface area contributed by atoms with Crippen molar-refractivity contribution in [3.8, 4) is 0 Å². The third kappa shape index (κ3) is 3.22. The topological polar surface area (TPSA) is 0 Å². The van der Waals surface area contributed by atoms with E-state index in [9.17, 15) is 4.39 Å². The largest absolute Gasteiger partial charge is 0.207 e. The van der Waals surface area contributed by atoms with Crippen molar-refractivity contribution < 1.29 is 4.39 Å². The summed E-state index contributed by atoms with van der Waals surface area (Å²) in [6.45, 7) is 5.90. The number of halogens is 2. The van der Waals surface area contributed by atoms with E-state index >= 15 is 0 Å². The molecule has 12 heavy (non-hydrogen) atoms. The van der Waals surface area contributed by atoms with Gasteiger partial charge in [-0.15, -0.1) is 0 Å². The SMILES string of the molecule is CC.CCc1cc(Cl)ccc1F. The molecule has 68 valence electrons. The Bertz CT molecular complexity index is 233. The molecule has 0 aliphatic carbocycles. The molecule has 1 aromatic rings. The van der Waals surface area contributed by atoms with Gasteiger partial charge in [-0.05, 0) is 30.2 Å². The van der Waals surface area contributed by atoms with Crippen LogP contribution in [0.5, 0.6) is 0 Å². The van der Waals surface area contributed by atoms with E-state index in [0.29, 0.717) is 17.0 Å². The Morgan fingerprint density at radius 3 is 2.33 bits per heavy atom. The van der Waals surface area contributed by atoms with Crippen molar-refractivity contribution in [1.29, 1.82) is 0 Å². The number of benzene rings is 1. The zero-order chi connectivity index (χ0) is 9.56. The fraction of sp³-hybridized carbons (Fsp3) is 0.400. The second kappa shape index (κ2) is 6.01. The minimum absolute atomic E-state index is 0.174. The quantitative estimate of drug-likeness (QED) is 0.624. The Morgan fingerprint density at radius 2 is 1.92 bits per heavy atom. The van der Waals surface area contributed by atoms with E-state index in [1.807, 2.05) is 20.8 Å². The van der Waals surface area contributed by atoms with Crippen LogP contribution in [0.4, 0.5) is 4.39 Å². The zero-order valence-electron chi connectivity index (χ0n) is 7.70. The van der Waals surface area contributed by atoms with Gasteiger partial charge in [0, 0.05) is 5.02 Å². The molecule has 1 aromatic carbocycles. The van der Waals surface area contributed by atoms with Gasteiger partial charge in [0.25, 0.3) is 0 Å². The van der Waals surface area contributed by atoms with Crippen molar-refractivity contribution >= 4 is 11.6 Å². The highest BCUT2D eigenvalue weighted by Gasteiger charge is 1.98. The molecule has 0 bridgehead atoms. The predicted octanol–water partition coefficient (Wildman–Crippen LogP) is 4.07. The van der Waals surface area contributed by atoms with Crippen LogP contribution < -0.4 is 0 Å². The molecular weight excluding hydrogens is 175 g/mol. The van der Waals surface area contributed by atoms with E-state index in [-0.39, 0.29) is 5.82 Å². The second-order valence-corrected chi connectivity index (χ2v) is 2.53. The summed E-state index contributed by atoms with van der Waals surface area (Å²) in [5.74, 6) is -0.174. The molecule has 0 N–H and O–H groups in total. The smallest absolute Gasteiger partial charge is 0.126 e. The van der Waals surface area contributed by atoms with Crippen molar-refractivity contribution in [2.45, 2.75) is 27.2 Å². The molecule has 0 nitrogen and oxygen atoms in total. The lowest BCUT2D eigenvalue weighted by Crippen LogP contribution is -1.85. The summed E-state index contributed by atoms with van der Waals surface area (Å²) in [6, 6.07) is 4.59. The third-order valence-corrected chi connectivity index (χ3v) is 1.62. The Labute approximate surface area is 78.4 Å². The predicted molar refractivity (Wildman–Crippen MR) is 52.1 cm³/mol. The lowest BCUT2D eigenvalue weighted by molar-refractivity contribution is 0.612. The number of hydrogen-bond donors (Lipinski definition) is 0. The lowest BCUT2D eigenvalue weighted by Gasteiger charge is -1.97. The van der Waals surface area contributed by atoms with Gasteiger partial charge in [-0.1, -0.05) is 32.4 Å². The Hall–Kier alpha value is -0.560. The summed E-state index contributed by atoms with van der Waals surface area (Å²) >= 11 is 5.63. The van der Waals surface area contributed by atoms with Gasteiger partial charge in [0.1, 0.15) is 5.82 Å². The normalized spacial score (nSPS) is 8.75. The third-order valence-electron chi connectivity index (χ3n) is 1.39. The van der Waals surface area contributed by atoms with Gasteiger partial charge in [-0.3, -0.25) is 0 Å². The molecule has 0 aromatic heterocycles. The van der Waals surface area contributed by atoms with Crippen molar-refractivity contribution in [2.75, 3.05) is 0 Å². The number of rotatable bonds is 1. The van der Waals surface area contributed by atoms with Crippen LogP contribution in [0.3, 0.4) is 0 Å². The van der Waals surface area contributed by atoms with Gasteiger partial charge in [-0.2, -0.15) is 0 Å². The fourth-order valence-corrected chi connectivity index (χ4v) is 1.01. The maximum Gasteiger partial charge on any atom is 0.126 e. The average molecular weight is 189 g/mol. The van der Waals surface area contributed by atoms with Gasteiger partial charge < -0.3 is 0 Å². The fourth-order valence-electron chi connectivity index (χ4n) is 0.814. The first-order valence-corrected chi connectivity index (χ1v) is 4.55. The first-order valence-electron chi connectivity index (χ1n) is 4.18. The molecule has 0 aliphatic rings. The van der Waals surface area contributed by atoms with Gasteiger partial charge in [0.15, 0.2) is 0 Å². The summed E-state index contributed by atoms with van der Waals surface area (Å²) in [5, 5.41) is 0.596. The summed E-state index contributed by atoms with van der Waals surface area (Å²) < 4.78 is 12.7. The highest BCUT2D eigenvalue weighted by atomic mass is 35.5. The van der Waals surface area contributed by atoms with Gasteiger partial charge >= 0.3 is 0 Å². The van der Waals surface area contributed by atoms with Crippen LogP contribution in [0.25, 0.3) is 0 Å². The van der Waals surface area contributed by atoms with Gasteiger partial charge in [0.05, 0.1) is 0 Å². The minimum Gasteiger partial charge on any atom is -0.207 e. The molecule has 0 spiro atoms. The molecule has 0 amide bonds. The Kier molecular flexibility index (Phi) is 5.73. The first kappa shape index (κ1) is 11.4. The van der Waals surface area contributed by atoms with E-state index in [1.165, 1.54) is 6.07 Å². The van der Waals surface area contributed by atoms with E-state index in [0.717, 1.165) is 0 Å². The highest BCUT2D eigenvalue weighted by Crippen LogP contribution is 2.14. The second-order valence-electron chi connectivity index (χ2n) is 2.09. The van der Waals surface area contributed by atoms with Crippen molar-refractivity contribution in [3.63, 3.8) is 0 Å². The van der Waals surface area contributed by atoms with Gasteiger partial charge in [-0.25, -0.2) is 4.39 Å². The molecule has 1 rings (SSSR count). The summed E-state index contributed by atoms with van der Waals surface area (Å²) in [4.78, 5) is 0. The van der Waals surface area contributed by atoms with E-state index in [4.69, 9.17) is 11.6 Å². The van der Waals surface area contributed by atoms with Crippen LogP contribution in [-0.4, -0.2) is 0 Å². The van der Waals surface area contributed by atoms with Crippen LogP contribution in [0.1, 0.15) is 26.3 Å². The maximum absolute atomic E-state index is 12.7. The van der Waals surface area contributed by atoms with Crippen LogP contribution >= 0.6 is 11.6 Å². The Morgan fingerprint density at radius 1 is 1.33 bits per heavy atom. The molecule has 0 fully saturated rings. The molecule has 0 heterocycles. The number of aryl methyl sites for hydroxylation is 1. The zero-order valence-corrected chi connectivity index (χ0v) is 8.45. The first-order chi connectivity index (χ1) is 5.74. The molecule has 0 atom stereocenters. The molecule has 0 saturated heterocycles. The van der Waals surface area contributed by atoms with Crippen molar-refractivity contribution in [1.82, 2.24) is 0 Å². The van der Waals surface area contributed by atoms with Gasteiger partial charge in [0.2, 0.25) is 0 Å². The summed E-state index contributed by atoms with van der Waals surface area (Å²) in [5.41, 5.74) is 0.674. The molecule has 0 aliphatic heterocycles. The van der Waals surface area contributed by atoms with Crippen LogP contribution in [0.15, 0.2) is 18.2 Å². The Balaban J connectivity index is 0.000000561. The molecule has 0 radical (unpaired) electrons. The van der Waals surface area contributed by atoms with Crippen LogP contribution in [-0.2, 0) is 6.42 Å². The lowest BCUT2D eigenvalue weighted by atomic mass is 10.2. The molecule has 2 heteroatoms. The summed E-state index contributed by atoms with van der Waals surface area (Å²) in [6.07, 6.45) is 0.687. The van der Waals surface area contributed by atoms with Crippen molar-refractivity contribution in [3.05, 3.63) is 34.6 Å². The van der Waals surface area contributed by atoms with Crippen LogP contribution in [0.2, 0.25) is 5.02 Å². The number of hydrogen-bond acceptors (Lipinski definition) is 0. The van der Waals surface area contributed by atoms with Crippen LogP contribution in [0, 0.1) is 5.82 Å². The van der Waals surface area contributed by atoms with E-state index in [2.05, 4.69) is 0 Å². The maximum atomic E-state index is 12.7. The molecule has 0 saturated carbocycles. The average Bonchev–Trinajstić information content (AvgIpc) is 2.13. The van der Waals surface area contributed by atoms with E-state index < -0.39 is 0 Å². The molecule has 0 unspecified atom stereocenters. The summed E-state index contributed by atoms with van der Waals surface area (Å²) in [7, 11) is 0. The highest BCUT2D eigenvalue weighted by molar-refractivity contribution is 6.30.